The maximum Gasteiger partial charge on any atom is 0.343 e. The van der Waals surface area contributed by atoms with Crippen LogP contribution in [0.3, 0.4) is 0 Å². The minimum Gasteiger partial charge on any atom is -0.481 e. The topological polar surface area (TPSA) is 93.1 Å². The molecule has 1 amide bonds. The smallest absolute Gasteiger partial charge is 0.343 e. The van der Waals surface area contributed by atoms with Crippen molar-refractivity contribution in [1.82, 2.24) is 24.6 Å². The fourth-order valence-corrected chi connectivity index (χ4v) is 3.72. The van der Waals surface area contributed by atoms with Crippen molar-refractivity contribution in [3.8, 4) is 5.88 Å². The van der Waals surface area contributed by atoms with Crippen molar-refractivity contribution in [2.45, 2.75) is 25.3 Å². The Labute approximate surface area is 172 Å². The van der Waals surface area contributed by atoms with E-state index in [1.165, 1.54) is 25.4 Å². The number of carbonyl (C=O) groups excluding carboxylic acids is 1. The van der Waals surface area contributed by atoms with E-state index in [-0.39, 0.29) is 23.3 Å². The van der Waals surface area contributed by atoms with Crippen molar-refractivity contribution in [2.24, 2.45) is 0 Å². The number of aromatic nitrogens is 4. The van der Waals surface area contributed by atoms with Crippen LogP contribution < -0.4 is 10.4 Å². The van der Waals surface area contributed by atoms with Gasteiger partial charge in [-0.1, -0.05) is 12.1 Å². The number of benzene rings is 1. The summed E-state index contributed by atoms with van der Waals surface area (Å²) in [6, 6.07) is 9.42. The molecule has 156 valence electrons. The molecule has 4 rings (SSSR count). The predicted molar refractivity (Wildman–Crippen MR) is 107 cm³/mol. The van der Waals surface area contributed by atoms with Crippen LogP contribution in [-0.4, -0.2) is 50.8 Å². The first-order valence-corrected chi connectivity index (χ1v) is 9.74. The van der Waals surface area contributed by atoms with E-state index in [0.29, 0.717) is 49.7 Å². The number of hydrogen-bond acceptors (Lipinski definition) is 5. The van der Waals surface area contributed by atoms with E-state index >= 15 is 0 Å². The fourth-order valence-electron chi connectivity index (χ4n) is 3.72. The molecule has 1 aliphatic heterocycles. The number of amides is 1. The first-order chi connectivity index (χ1) is 14.5. The fraction of sp³-hybridized carbons (Fsp3) is 0.333. The highest BCUT2D eigenvalue weighted by Gasteiger charge is 2.28. The van der Waals surface area contributed by atoms with Crippen molar-refractivity contribution in [3.05, 3.63) is 75.8 Å². The van der Waals surface area contributed by atoms with Gasteiger partial charge in [-0.05, 0) is 36.6 Å². The van der Waals surface area contributed by atoms with Crippen LogP contribution in [0.4, 0.5) is 4.39 Å². The van der Waals surface area contributed by atoms with Crippen molar-refractivity contribution in [1.29, 1.82) is 0 Å². The van der Waals surface area contributed by atoms with Gasteiger partial charge in [-0.15, -0.1) is 0 Å². The van der Waals surface area contributed by atoms with Gasteiger partial charge >= 0.3 is 5.69 Å². The third kappa shape index (κ3) is 4.10. The minimum absolute atomic E-state index is 0.0578. The molecule has 1 saturated heterocycles. The minimum atomic E-state index is -0.317. The van der Waals surface area contributed by atoms with E-state index in [2.05, 4.69) is 15.2 Å². The summed E-state index contributed by atoms with van der Waals surface area (Å²) < 4.78 is 19.8. The Morgan fingerprint density at radius 1 is 1.20 bits per heavy atom. The van der Waals surface area contributed by atoms with Crippen molar-refractivity contribution in [3.63, 3.8) is 0 Å². The highest BCUT2D eigenvalue weighted by molar-refractivity contribution is 5.94. The zero-order valence-electron chi connectivity index (χ0n) is 16.5. The molecular weight excluding hydrogens is 389 g/mol. The molecule has 0 atom stereocenters. The van der Waals surface area contributed by atoms with Crippen LogP contribution in [0, 0.1) is 5.82 Å². The number of halogens is 1. The maximum atomic E-state index is 13.1. The molecule has 0 aliphatic carbocycles. The van der Waals surface area contributed by atoms with Crippen LogP contribution in [-0.2, 0) is 6.54 Å². The molecule has 0 bridgehead atoms. The molecular formula is C21H22FN5O3. The summed E-state index contributed by atoms with van der Waals surface area (Å²) in [5, 5.41) is 6.74. The molecule has 9 heteroatoms. The lowest BCUT2D eigenvalue weighted by molar-refractivity contribution is 0.0709. The normalized spacial score (nSPS) is 14.7. The van der Waals surface area contributed by atoms with E-state index in [1.807, 2.05) is 0 Å². The second-order valence-corrected chi connectivity index (χ2v) is 7.26. The van der Waals surface area contributed by atoms with Gasteiger partial charge in [-0.3, -0.25) is 9.36 Å². The number of nitrogens with zero attached hydrogens (tertiary/aromatic N) is 4. The Balaban J connectivity index is 1.43. The molecule has 1 N–H and O–H groups in total. The van der Waals surface area contributed by atoms with E-state index < -0.39 is 0 Å². The third-order valence-electron chi connectivity index (χ3n) is 5.38. The van der Waals surface area contributed by atoms with Gasteiger partial charge in [-0.2, -0.15) is 5.10 Å². The van der Waals surface area contributed by atoms with Gasteiger partial charge in [0.2, 0.25) is 5.88 Å². The second-order valence-electron chi connectivity index (χ2n) is 7.26. The first-order valence-electron chi connectivity index (χ1n) is 9.74. The number of methoxy groups -OCH3 is 1. The number of ether oxygens (including phenoxy) is 1. The van der Waals surface area contributed by atoms with Crippen LogP contribution in [0.15, 0.2) is 47.4 Å². The molecule has 3 heterocycles. The summed E-state index contributed by atoms with van der Waals surface area (Å²) in [6.07, 6.45) is 2.91. The molecule has 0 saturated carbocycles. The van der Waals surface area contributed by atoms with Crippen molar-refractivity contribution >= 4 is 5.91 Å². The summed E-state index contributed by atoms with van der Waals surface area (Å²) >= 11 is 0. The van der Waals surface area contributed by atoms with Crippen LogP contribution in [0.25, 0.3) is 0 Å². The van der Waals surface area contributed by atoms with Gasteiger partial charge in [0.15, 0.2) is 0 Å². The first kappa shape index (κ1) is 19.8. The summed E-state index contributed by atoms with van der Waals surface area (Å²) in [5.41, 5.74) is 1.04. The Bertz CT molecular complexity index is 1070. The summed E-state index contributed by atoms with van der Waals surface area (Å²) in [6.45, 7) is 1.45. The van der Waals surface area contributed by atoms with E-state index in [0.717, 1.165) is 5.56 Å². The molecule has 30 heavy (non-hydrogen) atoms. The predicted octanol–water partition coefficient (Wildman–Crippen LogP) is 2.18. The quantitative estimate of drug-likeness (QED) is 0.695. The molecule has 3 aromatic rings. The van der Waals surface area contributed by atoms with Gasteiger partial charge < -0.3 is 9.64 Å². The summed E-state index contributed by atoms with van der Waals surface area (Å²) in [5.74, 6) is 0.796. The van der Waals surface area contributed by atoms with Gasteiger partial charge in [0.25, 0.3) is 5.91 Å². The highest BCUT2D eigenvalue weighted by Crippen LogP contribution is 2.27. The second kappa shape index (κ2) is 8.48. The third-order valence-corrected chi connectivity index (χ3v) is 5.38. The van der Waals surface area contributed by atoms with Gasteiger partial charge in [0.1, 0.15) is 11.6 Å². The van der Waals surface area contributed by atoms with Gasteiger partial charge in [0.05, 0.1) is 19.2 Å². The molecule has 2 aromatic heterocycles. The number of hydrogen-bond donors (Lipinski definition) is 1. The standard InChI is InChI=1S/C21H22FN5O3/c1-30-18-7-4-16(12-23-18)20(28)26-10-8-15(9-11-26)19-24-25-21(29)27(19)13-14-2-5-17(22)6-3-14/h2-7,12,15H,8-11,13H2,1H3,(H,25,29). The SMILES string of the molecule is COc1ccc(C(=O)N2CCC(c3n[nH]c(=O)n3Cc3ccc(F)cc3)CC2)cn1. The van der Waals surface area contributed by atoms with Crippen molar-refractivity contribution in [2.75, 3.05) is 20.2 Å². The van der Waals surface area contributed by atoms with Crippen LogP contribution in [0.5, 0.6) is 5.88 Å². The summed E-state index contributed by atoms with van der Waals surface area (Å²) in [7, 11) is 1.53. The molecule has 1 aliphatic rings. The van der Waals surface area contributed by atoms with Crippen LogP contribution in [0.2, 0.25) is 0 Å². The Morgan fingerprint density at radius 3 is 2.57 bits per heavy atom. The molecule has 0 spiro atoms. The van der Waals surface area contributed by atoms with Crippen LogP contribution >= 0.6 is 0 Å². The molecule has 8 nitrogen and oxygen atoms in total. The highest BCUT2D eigenvalue weighted by atomic mass is 19.1. The van der Waals surface area contributed by atoms with E-state index in [9.17, 15) is 14.0 Å². The molecule has 1 fully saturated rings. The average molecular weight is 411 g/mol. The molecule has 1 aromatic carbocycles. The lowest BCUT2D eigenvalue weighted by atomic mass is 9.95. The zero-order chi connectivity index (χ0) is 21.1. The Kier molecular flexibility index (Phi) is 5.60. The molecule has 0 unspecified atom stereocenters. The number of likely N-dealkylation sites (tertiary alicyclic amines) is 1. The van der Waals surface area contributed by atoms with Crippen LogP contribution in [0.1, 0.15) is 40.5 Å². The molecule has 0 radical (unpaired) electrons. The van der Waals surface area contributed by atoms with E-state index in [4.69, 9.17) is 4.74 Å². The summed E-state index contributed by atoms with van der Waals surface area (Å²) in [4.78, 5) is 30.8. The van der Waals surface area contributed by atoms with Gasteiger partial charge in [-0.25, -0.2) is 19.3 Å². The monoisotopic (exact) mass is 411 g/mol. The van der Waals surface area contributed by atoms with Gasteiger partial charge in [0, 0.05) is 31.3 Å². The number of rotatable bonds is 5. The number of nitrogens with one attached hydrogen (secondary N) is 1. The number of carbonyl (C=O) groups is 1. The maximum absolute atomic E-state index is 13.1. The van der Waals surface area contributed by atoms with Crippen molar-refractivity contribution < 1.29 is 13.9 Å². The Morgan fingerprint density at radius 2 is 1.93 bits per heavy atom. The average Bonchev–Trinajstić information content (AvgIpc) is 3.15. The number of H-pyrrole nitrogens is 1. The lowest BCUT2D eigenvalue weighted by Gasteiger charge is -2.31. The van der Waals surface area contributed by atoms with E-state index in [1.54, 1.807) is 33.7 Å². The number of pyridine rings is 1. The largest absolute Gasteiger partial charge is 0.481 e. The Hall–Kier alpha value is -3.49. The number of piperidine rings is 1. The zero-order valence-corrected chi connectivity index (χ0v) is 16.5. The lowest BCUT2D eigenvalue weighted by Crippen LogP contribution is -2.38. The number of aromatic amines is 1.